The predicted molar refractivity (Wildman–Crippen MR) is 118 cm³/mol. The molecule has 1 amide bonds. The van der Waals surface area contributed by atoms with Gasteiger partial charge in [0.2, 0.25) is 0 Å². The number of carbonyl (C=O) groups is 1. The minimum Gasteiger partial charge on any atom is -0.340 e. The van der Waals surface area contributed by atoms with E-state index in [1.54, 1.807) is 12.3 Å². The molecule has 144 valence electrons. The number of nitrogens with one attached hydrogen (secondary N) is 1. The standard InChI is InChI=1S/C25H23N3O/c1-18-10-6-7-13-21(18)25(29)27-26-16-23-19(2)28(17-20-11-4-3-5-12-20)24-15-9-8-14-22(23)24/h3-16H,17H2,1-2H3,(H,27,29)/b26-16+. The maximum Gasteiger partial charge on any atom is 0.271 e. The van der Waals surface area contributed by atoms with Gasteiger partial charge in [-0.15, -0.1) is 0 Å². The van der Waals surface area contributed by atoms with E-state index in [1.807, 2.05) is 43.3 Å². The lowest BCUT2D eigenvalue weighted by molar-refractivity contribution is 0.0954. The zero-order valence-electron chi connectivity index (χ0n) is 16.6. The van der Waals surface area contributed by atoms with Crippen LogP contribution in [0.3, 0.4) is 0 Å². The summed E-state index contributed by atoms with van der Waals surface area (Å²) in [4.78, 5) is 12.4. The van der Waals surface area contributed by atoms with Crippen molar-refractivity contribution in [2.24, 2.45) is 5.10 Å². The molecule has 4 heteroatoms. The second-order valence-electron chi connectivity index (χ2n) is 7.10. The Labute approximate surface area is 170 Å². The van der Waals surface area contributed by atoms with Crippen LogP contribution >= 0.6 is 0 Å². The van der Waals surface area contributed by atoms with Crippen molar-refractivity contribution < 1.29 is 4.79 Å². The smallest absolute Gasteiger partial charge is 0.271 e. The number of aryl methyl sites for hydroxylation is 1. The summed E-state index contributed by atoms with van der Waals surface area (Å²) in [6, 6.07) is 26.2. The van der Waals surface area contributed by atoms with Gasteiger partial charge in [-0.05, 0) is 37.1 Å². The minimum absolute atomic E-state index is 0.204. The highest BCUT2D eigenvalue weighted by Gasteiger charge is 2.13. The summed E-state index contributed by atoms with van der Waals surface area (Å²) in [6.07, 6.45) is 1.75. The third-order valence-electron chi connectivity index (χ3n) is 5.21. The number of para-hydroxylation sites is 1. The average Bonchev–Trinajstić information content (AvgIpc) is 3.01. The van der Waals surface area contributed by atoms with E-state index in [-0.39, 0.29) is 5.91 Å². The molecule has 4 rings (SSSR count). The zero-order chi connectivity index (χ0) is 20.2. The van der Waals surface area contributed by atoms with Crippen LogP contribution in [0.25, 0.3) is 10.9 Å². The molecule has 1 heterocycles. The van der Waals surface area contributed by atoms with Gasteiger partial charge < -0.3 is 4.57 Å². The van der Waals surface area contributed by atoms with Crippen LogP contribution in [0.2, 0.25) is 0 Å². The second kappa shape index (κ2) is 8.15. The normalized spacial score (nSPS) is 11.2. The third kappa shape index (κ3) is 3.83. The SMILES string of the molecule is Cc1ccccc1C(=O)N/N=C/c1c(C)n(Cc2ccccc2)c2ccccc12. The highest BCUT2D eigenvalue weighted by atomic mass is 16.2. The van der Waals surface area contributed by atoms with E-state index in [9.17, 15) is 4.79 Å². The first kappa shape index (κ1) is 18.7. The zero-order valence-corrected chi connectivity index (χ0v) is 16.6. The molecule has 1 aromatic heterocycles. The van der Waals surface area contributed by atoms with Gasteiger partial charge in [0.15, 0.2) is 0 Å². The fourth-order valence-corrected chi connectivity index (χ4v) is 3.63. The first-order valence-corrected chi connectivity index (χ1v) is 9.66. The lowest BCUT2D eigenvalue weighted by atomic mass is 10.1. The molecule has 4 aromatic rings. The van der Waals surface area contributed by atoms with E-state index < -0.39 is 0 Å². The molecular formula is C25H23N3O. The molecule has 0 saturated carbocycles. The van der Waals surface area contributed by atoms with Gasteiger partial charge in [0.1, 0.15) is 0 Å². The van der Waals surface area contributed by atoms with E-state index in [0.29, 0.717) is 5.56 Å². The Balaban J connectivity index is 1.64. The molecule has 0 aliphatic rings. The number of rotatable bonds is 5. The van der Waals surface area contributed by atoms with Crippen LogP contribution in [-0.2, 0) is 6.54 Å². The van der Waals surface area contributed by atoms with Gasteiger partial charge >= 0.3 is 0 Å². The van der Waals surface area contributed by atoms with Crippen molar-refractivity contribution in [1.29, 1.82) is 0 Å². The van der Waals surface area contributed by atoms with Crippen molar-refractivity contribution in [3.63, 3.8) is 0 Å². The molecule has 0 unspecified atom stereocenters. The first-order valence-electron chi connectivity index (χ1n) is 9.66. The summed E-state index contributed by atoms with van der Waals surface area (Å²) >= 11 is 0. The monoisotopic (exact) mass is 381 g/mol. The quantitative estimate of drug-likeness (QED) is 0.381. The number of fused-ring (bicyclic) bond motifs is 1. The largest absolute Gasteiger partial charge is 0.340 e. The highest BCUT2D eigenvalue weighted by molar-refractivity contribution is 6.02. The number of carbonyl (C=O) groups excluding carboxylic acids is 1. The third-order valence-corrected chi connectivity index (χ3v) is 5.21. The van der Waals surface area contributed by atoms with Crippen molar-refractivity contribution in [2.75, 3.05) is 0 Å². The average molecular weight is 381 g/mol. The summed E-state index contributed by atoms with van der Waals surface area (Å²) in [6.45, 7) is 4.80. The van der Waals surface area contributed by atoms with Crippen molar-refractivity contribution in [2.45, 2.75) is 20.4 Å². The molecule has 0 atom stereocenters. The fourth-order valence-electron chi connectivity index (χ4n) is 3.63. The summed E-state index contributed by atoms with van der Waals surface area (Å²) in [5.74, 6) is -0.204. The van der Waals surface area contributed by atoms with E-state index >= 15 is 0 Å². The van der Waals surface area contributed by atoms with Gasteiger partial charge in [0, 0.05) is 34.3 Å². The molecule has 0 aliphatic heterocycles. The van der Waals surface area contributed by atoms with Crippen LogP contribution in [0.4, 0.5) is 0 Å². The summed E-state index contributed by atoms with van der Waals surface area (Å²) in [5, 5.41) is 5.37. The van der Waals surface area contributed by atoms with Gasteiger partial charge in [0.25, 0.3) is 5.91 Å². The summed E-state index contributed by atoms with van der Waals surface area (Å²) in [7, 11) is 0. The van der Waals surface area contributed by atoms with Crippen LogP contribution in [0.5, 0.6) is 0 Å². The molecule has 0 bridgehead atoms. The van der Waals surface area contributed by atoms with Crippen LogP contribution in [0, 0.1) is 13.8 Å². The van der Waals surface area contributed by atoms with Gasteiger partial charge in [-0.3, -0.25) is 4.79 Å². The molecule has 3 aromatic carbocycles. The van der Waals surface area contributed by atoms with E-state index in [2.05, 4.69) is 58.4 Å². The van der Waals surface area contributed by atoms with Gasteiger partial charge in [-0.25, -0.2) is 5.43 Å². The number of benzene rings is 3. The lowest BCUT2D eigenvalue weighted by Gasteiger charge is -2.08. The molecule has 0 radical (unpaired) electrons. The molecule has 29 heavy (non-hydrogen) atoms. The van der Waals surface area contributed by atoms with Gasteiger partial charge in [0.05, 0.1) is 6.21 Å². The molecule has 0 fully saturated rings. The Morgan fingerprint density at radius 2 is 1.62 bits per heavy atom. The highest BCUT2D eigenvalue weighted by Crippen LogP contribution is 2.25. The van der Waals surface area contributed by atoms with Gasteiger partial charge in [-0.1, -0.05) is 66.7 Å². The molecule has 4 nitrogen and oxygen atoms in total. The Kier molecular flexibility index (Phi) is 5.25. The fraction of sp³-hybridized carbons (Fsp3) is 0.120. The minimum atomic E-state index is -0.204. The van der Waals surface area contributed by atoms with E-state index in [4.69, 9.17) is 0 Å². The predicted octanol–water partition coefficient (Wildman–Crippen LogP) is 5.07. The summed E-state index contributed by atoms with van der Waals surface area (Å²) in [5.41, 5.74) is 8.75. The molecule has 0 saturated heterocycles. The molecule has 0 aliphatic carbocycles. The van der Waals surface area contributed by atoms with Crippen molar-refractivity contribution in [3.8, 4) is 0 Å². The number of hydrogen-bond acceptors (Lipinski definition) is 2. The van der Waals surface area contributed by atoms with Crippen LogP contribution < -0.4 is 5.43 Å². The van der Waals surface area contributed by atoms with E-state index in [0.717, 1.165) is 34.3 Å². The number of hydrogen-bond donors (Lipinski definition) is 1. The summed E-state index contributed by atoms with van der Waals surface area (Å²) < 4.78 is 2.29. The number of hydrazone groups is 1. The number of nitrogens with zero attached hydrogens (tertiary/aromatic N) is 2. The molecule has 1 N–H and O–H groups in total. The Morgan fingerprint density at radius 3 is 2.41 bits per heavy atom. The molecule has 0 spiro atoms. The Bertz CT molecular complexity index is 1190. The lowest BCUT2D eigenvalue weighted by Crippen LogP contribution is -2.18. The first-order chi connectivity index (χ1) is 14.1. The van der Waals surface area contributed by atoms with Crippen LogP contribution in [0.15, 0.2) is 84.0 Å². The van der Waals surface area contributed by atoms with Crippen LogP contribution in [-0.4, -0.2) is 16.7 Å². The van der Waals surface area contributed by atoms with Gasteiger partial charge in [-0.2, -0.15) is 5.10 Å². The van der Waals surface area contributed by atoms with Crippen LogP contribution in [0.1, 0.15) is 32.7 Å². The van der Waals surface area contributed by atoms with E-state index in [1.165, 1.54) is 5.56 Å². The van der Waals surface area contributed by atoms with Crippen molar-refractivity contribution >= 4 is 23.0 Å². The van der Waals surface area contributed by atoms with Crippen molar-refractivity contribution in [3.05, 3.63) is 107 Å². The topological polar surface area (TPSA) is 46.4 Å². The second-order valence-corrected chi connectivity index (χ2v) is 7.10. The van der Waals surface area contributed by atoms with Crippen molar-refractivity contribution in [1.82, 2.24) is 9.99 Å². The Hall–Kier alpha value is -3.66. The Morgan fingerprint density at radius 1 is 0.931 bits per heavy atom. The number of amides is 1. The molecular weight excluding hydrogens is 358 g/mol. The maximum atomic E-state index is 12.4. The number of aromatic nitrogens is 1. The maximum absolute atomic E-state index is 12.4.